The van der Waals surface area contributed by atoms with Crippen molar-refractivity contribution in [2.24, 2.45) is 0 Å². The molecule has 0 amide bonds. The van der Waals surface area contributed by atoms with E-state index >= 15 is 0 Å². The molecule has 1 aromatic carbocycles. The van der Waals surface area contributed by atoms with E-state index in [4.69, 9.17) is 9.29 Å². The topological polar surface area (TPSA) is 107 Å². The molecule has 0 heterocycles. The summed E-state index contributed by atoms with van der Waals surface area (Å²) in [6.07, 6.45) is 0.543. The summed E-state index contributed by atoms with van der Waals surface area (Å²) in [5, 5.41) is -4.64. The first-order valence-electron chi connectivity index (χ1n) is 7.16. The summed E-state index contributed by atoms with van der Waals surface area (Å²) >= 11 is 0. The van der Waals surface area contributed by atoms with Crippen molar-refractivity contribution in [3.63, 3.8) is 0 Å². The highest BCUT2D eigenvalue weighted by atomic mass is 32.2. The summed E-state index contributed by atoms with van der Waals surface area (Å²) in [5.74, 6) is -2.21. The number of hydrogen-bond donors (Lipinski definition) is 1. The second kappa shape index (κ2) is 8.00. The molecule has 0 saturated carbocycles. The fourth-order valence-electron chi connectivity index (χ4n) is 2.13. The van der Waals surface area contributed by atoms with E-state index < -0.39 is 40.5 Å². The maximum Gasteiger partial charge on any atom is 0.402 e. The van der Waals surface area contributed by atoms with Crippen LogP contribution in [0.3, 0.4) is 0 Å². The fourth-order valence-corrected chi connectivity index (χ4v) is 2.34. The predicted octanol–water partition coefficient (Wildman–Crippen LogP) is -3.48. The third-order valence-electron chi connectivity index (χ3n) is 3.29. The number of ether oxygens (including phenoxy) is 2. The van der Waals surface area contributed by atoms with E-state index in [0.29, 0.717) is 6.32 Å². The van der Waals surface area contributed by atoms with Crippen LogP contribution in [0.5, 0.6) is 0 Å². The van der Waals surface area contributed by atoms with Crippen LogP contribution >= 0.6 is 0 Å². The summed E-state index contributed by atoms with van der Waals surface area (Å²) < 4.78 is 63.6. The lowest BCUT2D eigenvalue weighted by Gasteiger charge is -2.14. The van der Waals surface area contributed by atoms with Crippen molar-refractivity contribution < 1.29 is 40.8 Å². The molecule has 0 spiro atoms. The molecule has 1 N–H and O–H groups in total. The first-order valence-corrected chi connectivity index (χ1v) is 8.60. The maximum absolute atomic E-state index is 12.9. The second-order valence-corrected chi connectivity index (χ2v) is 6.86. The fraction of sp³-hybridized carbons (Fsp3) is 0.333. The Bertz CT molecular complexity index is 783. The van der Waals surface area contributed by atoms with Gasteiger partial charge in [-0.05, 0) is 5.56 Å². The summed E-state index contributed by atoms with van der Waals surface area (Å²) in [7, 11) is -0.289. The van der Waals surface area contributed by atoms with E-state index in [-0.39, 0.29) is 5.56 Å². The quantitative estimate of drug-likeness (QED) is 0.300. The molecule has 0 aliphatic heterocycles. The Morgan fingerprint density at radius 1 is 1.20 bits per heavy atom. The van der Waals surface area contributed by atoms with Gasteiger partial charge in [0.2, 0.25) is 0 Å². The Labute approximate surface area is 146 Å². The summed E-state index contributed by atoms with van der Waals surface area (Å²) in [6.45, 7) is -2.86. The van der Waals surface area contributed by atoms with Gasteiger partial charge in [0, 0.05) is 0 Å². The molecule has 0 bridgehead atoms. The summed E-state index contributed by atoms with van der Waals surface area (Å²) in [4.78, 5) is 23.4. The molecule has 0 atom stereocenters. The van der Waals surface area contributed by atoms with Crippen molar-refractivity contribution >= 4 is 56.5 Å². The van der Waals surface area contributed by atoms with E-state index in [9.17, 15) is 26.8 Å². The van der Waals surface area contributed by atoms with Gasteiger partial charge in [0.25, 0.3) is 0 Å². The normalized spacial score (nSPS) is 11.8. The van der Waals surface area contributed by atoms with Crippen LogP contribution in [0.1, 0.15) is 15.9 Å². The minimum Gasteiger partial charge on any atom is -0.455 e. The molecule has 0 aliphatic rings. The Morgan fingerprint density at radius 2 is 1.80 bits per heavy atom. The van der Waals surface area contributed by atoms with Crippen LogP contribution in [-0.2, 0) is 30.7 Å². The van der Waals surface area contributed by atoms with Gasteiger partial charge in [-0.3, -0.25) is 4.55 Å². The monoisotopic (exact) mass is 374 g/mol. The zero-order valence-corrected chi connectivity index (χ0v) is 14.7. The number of rotatable bonds is 7. The predicted molar refractivity (Wildman–Crippen MR) is 92.8 cm³/mol. The minimum atomic E-state index is -5.71. The van der Waals surface area contributed by atoms with E-state index in [1.165, 1.54) is 0 Å². The molecule has 1 rings (SSSR count). The molecule has 7 nitrogen and oxygen atoms in total. The highest BCUT2D eigenvalue weighted by molar-refractivity contribution is 7.86. The minimum absolute atomic E-state index is 0.246. The van der Waals surface area contributed by atoms with Crippen LogP contribution in [-0.4, -0.2) is 66.9 Å². The molecule has 13 heteroatoms. The molecular formula is C12H15B3F2O7S. The lowest BCUT2D eigenvalue weighted by Crippen LogP contribution is -2.35. The lowest BCUT2D eigenvalue weighted by molar-refractivity contribution is -0.153. The van der Waals surface area contributed by atoms with Crippen molar-refractivity contribution in [2.45, 2.75) is 11.6 Å². The van der Waals surface area contributed by atoms with Gasteiger partial charge in [-0.2, -0.15) is 17.2 Å². The van der Waals surface area contributed by atoms with Gasteiger partial charge in [-0.15, -0.1) is 0 Å². The number of esters is 2. The van der Waals surface area contributed by atoms with E-state index in [1.54, 1.807) is 13.9 Å². The maximum atomic E-state index is 12.9. The average Bonchev–Trinajstić information content (AvgIpc) is 2.48. The van der Waals surface area contributed by atoms with Crippen molar-refractivity contribution in [1.82, 2.24) is 0 Å². The van der Waals surface area contributed by atoms with Gasteiger partial charge in [0.15, 0.2) is 13.2 Å². The Balaban J connectivity index is 2.70. The highest BCUT2D eigenvalue weighted by Gasteiger charge is 2.45. The van der Waals surface area contributed by atoms with Gasteiger partial charge in [-0.25, -0.2) is 9.59 Å². The van der Waals surface area contributed by atoms with Crippen LogP contribution in [0.2, 0.25) is 0 Å². The van der Waals surface area contributed by atoms with Gasteiger partial charge in [0.05, 0.1) is 5.56 Å². The van der Waals surface area contributed by atoms with Gasteiger partial charge >= 0.3 is 27.3 Å². The molecule has 0 radical (unpaired) electrons. The van der Waals surface area contributed by atoms with Crippen LogP contribution < -0.4 is 10.9 Å². The van der Waals surface area contributed by atoms with Crippen molar-refractivity contribution in [1.29, 1.82) is 0 Å². The smallest absolute Gasteiger partial charge is 0.402 e. The third-order valence-corrected chi connectivity index (χ3v) is 4.16. The molecule has 25 heavy (non-hydrogen) atoms. The van der Waals surface area contributed by atoms with E-state index in [1.807, 2.05) is 21.8 Å². The molecule has 0 aromatic heterocycles. The van der Waals surface area contributed by atoms with Crippen LogP contribution in [0.4, 0.5) is 8.78 Å². The van der Waals surface area contributed by atoms with Gasteiger partial charge in [0.1, 0.15) is 23.5 Å². The number of alkyl halides is 2. The average molecular weight is 374 g/mol. The van der Waals surface area contributed by atoms with E-state index in [0.717, 1.165) is 16.5 Å². The highest BCUT2D eigenvalue weighted by Crippen LogP contribution is 2.20. The van der Waals surface area contributed by atoms with Crippen molar-refractivity contribution in [3.05, 3.63) is 23.3 Å². The van der Waals surface area contributed by atoms with Crippen LogP contribution in [0.25, 0.3) is 0 Å². The largest absolute Gasteiger partial charge is 0.455 e. The summed E-state index contributed by atoms with van der Waals surface area (Å²) in [6, 6.07) is 3.45. The van der Waals surface area contributed by atoms with Crippen molar-refractivity contribution in [2.75, 3.05) is 13.2 Å². The number of carbonyl (C=O) groups is 2. The zero-order valence-electron chi connectivity index (χ0n) is 13.8. The van der Waals surface area contributed by atoms with Crippen LogP contribution in [0, 0.1) is 0 Å². The number of benzene rings is 1. The van der Waals surface area contributed by atoms with Crippen molar-refractivity contribution in [3.8, 4) is 0 Å². The molecule has 134 valence electrons. The molecular weight excluding hydrogens is 359 g/mol. The molecule has 0 saturated heterocycles. The summed E-state index contributed by atoms with van der Waals surface area (Å²) in [5.41, 5.74) is 2.64. The third kappa shape index (κ3) is 5.57. The second-order valence-electron chi connectivity index (χ2n) is 5.31. The number of hydrogen-bond acceptors (Lipinski definition) is 6. The van der Waals surface area contributed by atoms with Gasteiger partial charge < -0.3 is 9.47 Å². The first-order chi connectivity index (χ1) is 11.4. The Morgan fingerprint density at radius 3 is 2.32 bits per heavy atom. The lowest BCUT2D eigenvalue weighted by atomic mass is 9.77. The van der Waals surface area contributed by atoms with Crippen LogP contribution in [0.15, 0.2) is 12.1 Å². The molecule has 0 fully saturated rings. The Hall–Kier alpha value is -1.88. The number of halogens is 2. The number of carbonyl (C=O) groups excluding carboxylic acids is 2. The zero-order chi connectivity index (χ0) is 19.4. The molecule has 0 aliphatic carbocycles. The molecule has 0 unspecified atom stereocenters. The Kier molecular flexibility index (Phi) is 6.78. The SMILES string of the molecule is BCc1c(B)cc(B)cc1C(=O)OCC(=O)OCC(F)(F)S(=O)(=O)O. The van der Waals surface area contributed by atoms with E-state index in [2.05, 4.69) is 4.74 Å². The van der Waals surface area contributed by atoms with Gasteiger partial charge in [-0.1, -0.05) is 29.4 Å². The first kappa shape index (κ1) is 21.2. The molecule has 1 aromatic rings. The standard InChI is InChI=1S/C12H15B3F2O7S/c13-3-8-7(1-6(14)2-9(8)15)11(19)23-4-10(18)24-5-12(16,17)25(20,21)22/h1-2H,3-5,13-15H2,(H,20,21,22).